The Labute approximate surface area is 205 Å². The first-order valence-electron chi connectivity index (χ1n) is 11.9. The monoisotopic (exact) mass is 483 g/mol. The maximum absolute atomic E-state index is 13.5. The highest BCUT2D eigenvalue weighted by atomic mass is 16.6. The van der Waals surface area contributed by atoms with Crippen LogP contribution in [0.3, 0.4) is 0 Å². The van der Waals surface area contributed by atoms with E-state index >= 15 is 0 Å². The minimum atomic E-state index is -0.893. The lowest BCUT2D eigenvalue weighted by Crippen LogP contribution is -2.47. The fourth-order valence-corrected chi connectivity index (χ4v) is 4.53. The predicted octanol–water partition coefficient (Wildman–Crippen LogP) is 4.19. The van der Waals surface area contributed by atoms with Gasteiger partial charge in [-0.15, -0.1) is 0 Å². The van der Waals surface area contributed by atoms with Gasteiger partial charge in [0.15, 0.2) is 11.5 Å². The Morgan fingerprint density at radius 2 is 1.71 bits per heavy atom. The van der Waals surface area contributed by atoms with E-state index in [0.717, 1.165) is 37.7 Å². The van der Waals surface area contributed by atoms with Crippen molar-refractivity contribution in [1.82, 2.24) is 10.2 Å². The summed E-state index contributed by atoms with van der Waals surface area (Å²) in [6, 6.07) is 10.5. The first kappa shape index (κ1) is 26.0. The van der Waals surface area contributed by atoms with E-state index in [2.05, 4.69) is 5.32 Å². The number of nitro groups is 1. The number of carbonyl (C=O) groups is 2. The van der Waals surface area contributed by atoms with Crippen LogP contribution in [-0.4, -0.2) is 48.4 Å². The Bertz CT molecular complexity index is 1030. The number of rotatable bonds is 10. The number of hydrogen-bond acceptors (Lipinski definition) is 6. The molecule has 35 heavy (non-hydrogen) atoms. The summed E-state index contributed by atoms with van der Waals surface area (Å²) in [7, 11) is 3.12. The number of ether oxygens (including phenoxy) is 2. The lowest BCUT2D eigenvalue weighted by atomic mass is 9.94. The first-order valence-corrected chi connectivity index (χ1v) is 11.9. The van der Waals surface area contributed by atoms with Crippen LogP contribution >= 0.6 is 0 Å². The molecule has 9 heteroatoms. The second-order valence-electron chi connectivity index (χ2n) is 8.75. The van der Waals surface area contributed by atoms with E-state index in [1.807, 2.05) is 12.1 Å². The molecular formula is C26H33N3O6. The number of carbonyl (C=O) groups excluding carboxylic acids is 2. The lowest BCUT2D eigenvalue weighted by Gasteiger charge is -2.33. The van der Waals surface area contributed by atoms with Gasteiger partial charge in [-0.05, 0) is 54.7 Å². The van der Waals surface area contributed by atoms with Crippen LogP contribution < -0.4 is 14.8 Å². The predicted molar refractivity (Wildman–Crippen MR) is 131 cm³/mol. The summed E-state index contributed by atoms with van der Waals surface area (Å²) in [6.07, 6.45) is 5.57. The van der Waals surface area contributed by atoms with Gasteiger partial charge in [0.25, 0.3) is 5.69 Å². The average Bonchev–Trinajstić information content (AvgIpc) is 2.86. The molecule has 2 aromatic rings. The highest BCUT2D eigenvalue weighted by molar-refractivity contribution is 5.88. The summed E-state index contributed by atoms with van der Waals surface area (Å²) >= 11 is 0. The maximum Gasteiger partial charge on any atom is 0.269 e. The summed E-state index contributed by atoms with van der Waals surface area (Å²) in [5.74, 6) is 0.664. The smallest absolute Gasteiger partial charge is 0.269 e. The Kier molecular flexibility index (Phi) is 9.05. The van der Waals surface area contributed by atoms with E-state index < -0.39 is 11.0 Å². The van der Waals surface area contributed by atoms with Crippen molar-refractivity contribution in [3.05, 3.63) is 63.7 Å². The Morgan fingerprint density at radius 3 is 2.29 bits per heavy atom. The van der Waals surface area contributed by atoms with Crippen LogP contribution in [0, 0.1) is 10.1 Å². The van der Waals surface area contributed by atoms with Crippen molar-refractivity contribution in [2.45, 2.75) is 57.5 Å². The fraction of sp³-hybridized carbons (Fsp3) is 0.462. The molecule has 1 atom stereocenters. The number of nitro benzene ring substituents is 1. The second kappa shape index (κ2) is 12.2. The highest BCUT2D eigenvalue weighted by Crippen LogP contribution is 2.29. The normalized spacial score (nSPS) is 14.6. The number of amides is 2. The van der Waals surface area contributed by atoms with Gasteiger partial charge in [0.2, 0.25) is 11.8 Å². The number of non-ortho nitro benzene ring substituents is 1. The molecule has 1 saturated carbocycles. The third kappa shape index (κ3) is 6.71. The number of hydrogen-bond donors (Lipinski definition) is 1. The van der Waals surface area contributed by atoms with Gasteiger partial charge in [-0.1, -0.05) is 25.3 Å². The van der Waals surface area contributed by atoms with Crippen molar-refractivity contribution in [2.75, 3.05) is 20.8 Å². The van der Waals surface area contributed by atoms with Crippen molar-refractivity contribution in [2.24, 2.45) is 0 Å². The zero-order valence-electron chi connectivity index (χ0n) is 20.5. The first-order chi connectivity index (χ1) is 16.8. The molecule has 1 unspecified atom stereocenters. The molecule has 0 aromatic heterocycles. The molecule has 0 bridgehead atoms. The standard InChI is InChI=1S/C26H33N3O6/c1-18(30)28(16-15-19-9-14-23(34-2)24(17-19)35-3)25(20-10-12-22(13-11-20)29(32)33)26(31)27-21-7-5-4-6-8-21/h9-14,17,21,25H,4-8,15-16H2,1-3H3,(H,27,31). The van der Waals surface area contributed by atoms with Crippen LogP contribution in [0.1, 0.15) is 56.2 Å². The van der Waals surface area contributed by atoms with Gasteiger partial charge in [0.1, 0.15) is 6.04 Å². The van der Waals surface area contributed by atoms with Gasteiger partial charge >= 0.3 is 0 Å². The van der Waals surface area contributed by atoms with Gasteiger partial charge in [-0.25, -0.2) is 0 Å². The molecule has 1 fully saturated rings. The summed E-state index contributed by atoms with van der Waals surface area (Å²) in [5.41, 5.74) is 1.38. The SMILES string of the molecule is COc1ccc(CCN(C(C)=O)C(C(=O)NC2CCCCC2)c2ccc([N+](=O)[O-])cc2)cc1OC. The molecule has 9 nitrogen and oxygen atoms in total. The number of nitrogens with one attached hydrogen (secondary N) is 1. The molecule has 0 radical (unpaired) electrons. The summed E-state index contributed by atoms with van der Waals surface area (Å²) in [4.78, 5) is 38.4. The minimum Gasteiger partial charge on any atom is -0.493 e. The van der Waals surface area contributed by atoms with Crippen LogP contribution in [-0.2, 0) is 16.0 Å². The molecule has 2 aromatic carbocycles. The minimum absolute atomic E-state index is 0.0662. The van der Waals surface area contributed by atoms with E-state index in [1.165, 1.54) is 24.0 Å². The van der Waals surface area contributed by atoms with Crippen molar-refractivity contribution < 1.29 is 24.0 Å². The van der Waals surface area contributed by atoms with Crippen molar-refractivity contribution in [3.63, 3.8) is 0 Å². The zero-order chi connectivity index (χ0) is 25.4. The van der Waals surface area contributed by atoms with Crippen LogP contribution in [0.4, 0.5) is 5.69 Å². The third-order valence-corrected chi connectivity index (χ3v) is 6.43. The van der Waals surface area contributed by atoms with Gasteiger partial charge < -0.3 is 19.7 Å². The topological polar surface area (TPSA) is 111 Å². The molecule has 1 aliphatic rings. The molecule has 1 N–H and O–H groups in total. The van der Waals surface area contributed by atoms with E-state index in [9.17, 15) is 19.7 Å². The van der Waals surface area contributed by atoms with E-state index in [1.54, 1.807) is 32.4 Å². The Hall–Kier alpha value is -3.62. The highest BCUT2D eigenvalue weighted by Gasteiger charge is 2.31. The average molecular weight is 484 g/mol. The van der Waals surface area contributed by atoms with Crippen LogP contribution in [0.25, 0.3) is 0 Å². The summed E-state index contributed by atoms with van der Waals surface area (Å²) in [6.45, 7) is 1.71. The van der Waals surface area contributed by atoms with Crippen molar-refractivity contribution >= 4 is 17.5 Å². The lowest BCUT2D eigenvalue weighted by molar-refractivity contribution is -0.384. The summed E-state index contributed by atoms with van der Waals surface area (Å²) < 4.78 is 10.7. The van der Waals surface area contributed by atoms with Crippen LogP contribution in [0.5, 0.6) is 11.5 Å². The van der Waals surface area contributed by atoms with Crippen LogP contribution in [0.15, 0.2) is 42.5 Å². The summed E-state index contributed by atoms with van der Waals surface area (Å²) in [5, 5.41) is 14.2. The zero-order valence-corrected chi connectivity index (χ0v) is 20.5. The molecule has 0 aliphatic heterocycles. The maximum atomic E-state index is 13.5. The van der Waals surface area contributed by atoms with Gasteiger partial charge in [-0.2, -0.15) is 0 Å². The molecular weight excluding hydrogens is 450 g/mol. The Morgan fingerprint density at radius 1 is 1.06 bits per heavy atom. The molecule has 3 rings (SSSR count). The van der Waals surface area contributed by atoms with Gasteiger partial charge in [0, 0.05) is 31.6 Å². The second-order valence-corrected chi connectivity index (χ2v) is 8.75. The number of nitrogens with zero attached hydrogens (tertiary/aromatic N) is 2. The van der Waals surface area contributed by atoms with Gasteiger partial charge in [-0.3, -0.25) is 19.7 Å². The molecule has 188 valence electrons. The molecule has 2 amide bonds. The molecule has 0 spiro atoms. The van der Waals surface area contributed by atoms with E-state index in [4.69, 9.17) is 9.47 Å². The van der Waals surface area contributed by atoms with Crippen LogP contribution in [0.2, 0.25) is 0 Å². The van der Waals surface area contributed by atoms with E-state index in [0.29, 0.717) is 23.5 Å². The number of methoxy groups -OCH3 is 2. The quantitative estimate of drug-likeness (QED) is 0.401. The van der Waals surface area contributed by atoms with Gasteiger partial charge in [0.05, 0.1) is 19.1 Å². The third-order valence-electron chi connectivity index (χ3n) is 6.43. The van der Waals surface area contributed by atoms with E-state index in [-0.39, 0.29) is 30.1 Å². The largest absolute Gasteiger partial charge is 0.493 e. The fourth-order valence-electron chi connectivity index (χ4n) is 4.53. The molecule has 1 aliphatic carbocycles. The molecule has 0 saturated heterocycles. The molecule has 0 heterocycles. The van der Waals surface area contributed by atoms with Crippen molar-refractivity contribution in [1.29, 1.82) is 0 Å². The number of benzene rings is 2. The van der Waals surface area contributed by atoms with Crippen molar-refractivity contribution in [3.8, 4) is 11.5 Å². The Balaban J connectivity index is 1.87.